The first kappa shape index (κ1) is 75.9. The Kier molecular flexibility index (Phi) is 68.1. The molecule has 0 saturated carbocycles. The van der Waals surface area contributed by atoms with Gasteiger partial charge in [-0.25, -0.2) is 0 Å². The predicted octanol–water partition coefficient (Wildman–Crippen LogP) is 24.6. The van der Waals surface area contributed by atoms with Gasteiger partial charge < -0.3 is 15.5 Å². The van der Waals surface area contributed by atoms with Crippen LogP contribution in [-0.4, -0.2) is 34.9 Å². The first-order valence-electron chi connectivity index (χ1n) is 36.1. The zero-order valence-corrected chi connectivity index (χ0v) is 53.0. The van der Waals surface area contributed by atoms with Gasteiger partial charge in [-0.05, 0) is 32.1 Å². The topological polar surface area (TPSA) is 69.6 Å². The average molecular weight is 1080 g/mol. The lowest BCUT2D eigenvalue weighted by Crippen LogP contribution is -2.45. The van der Waals surface area contributed by atoms with Crippen molar-refractivity contribution >= 4 is 5.91 Å². The number of nitrogens with one attached hydrogen (secondary N) is 1. The molecule has 458 valence electrons. The molecular formula is C73H143NO3. The van der Waals surface area contributed by atoms with Gasteiger partial charge in [0.15, 0.2) is 0 Å². The first-order chi connectivity index (χ1) is 38.2. The third-order valence-electron chi connectivity index (χ3n) is 17.2. The Morgan fingerprint density at radius 3 is 0.753 bits per heavy atom. The number of unbranched alkanes of at least 4 members (excludes halogenated alkanes) is 59. The van der Waals surface area contributed by atoms with E-state index in [4.69, 9.17) is 0 Å². The van der Waals surface area contributed by atoms with Crippen molar-refractivity contribution in [2.75, 3.05) is 6.61 Å². The van der Waals surface area contributed by atoms with Gasteiger partial charge in [-0.15, -0.1) is 0 Å². The number of amides is 1. The second-order valence-electron chi connectivity index (χ2n) is 25.0. The third-order valence-corrected chi connectivity index (χ3v) is 17.2. The third kappa shape index (κ3) is 65.6. The maximum Gasteiger partial charge on any atom is 0.220 e. The van der Waals surface area contributed by atoms with E-state index in [1.54, 1.807) is 6.08 Å². The molecule has 0 aromatic rings. The fourth-order valence-electron chi connectivity index (χ4n) is 11.7. The maximum atomic E-state index is 12.5. The molecule has 0 aliphatic heterocycles. The van der Waals surface area contributed by atoms with Crippen molar-refractivity contribution in [3.8, 4) is 0 Å². The number of carbonyl (C=O) groups is 1. The van der Waals surface area contributed by atoms with Gasteiger partial charge in [-0.3, -0.25) is 4.79 Å². The normalized spacial score (nSPS) is 12.7. The van der Waals surface area contributed by atoms with Crippen molar-refractivity contribution < 1.29 is 15.0 Å². The van der Waals surface area contributed by atoms with Crippen LogP contribution < -0.4 is 5.32 Å². The van der Waals surface area contributed by atoms with E-state index in [9.17, 15) is 15.0 Å². The van der Waals surface area contributed by atoms with Crippen molar-refractivity contribution in [2.24, 2.45) is 0 Å². The van der Waals surface area contributed by atoms with Crippen molar-refractivity contribution in [1.82, 2.24) is 5.32 Å². The van der Waals surface area contributed by atoms with Gasteiger partial charge in [-0.1, -0.05) is 404 Å². The highest BCUT2D eigenvalue weighted by atomic mass is 16.3. The Hall–Kier alpha value is -1.13. The van der Waals surface area contributed by atoms with Crippen LogP contribution in [-0.2, 0) is 4.79 Å². The number of hydrogen-bond acceptors (Lipinski definition) is 3. The molecule has 0 aromatic carbocycles. The molecule has 0 rings (SSSR count). The molecule has 77 heavy (non-hydrogen) atoms. The maximum absolute atomic E-state index is 12.5. The summed E-state index contributed by atoms with van der Waals surface area (Å²) in [5, 5.41) is 23.3. The molecule has 1 amide bonds. The van der Waals surface area contributed by atoms with Gasteiger partial charge in [0.2, 0.25) is 5.91 Å². The van der Waals surface area contributed by atoms with Crippen LogP contribution in [0.4, 0.5) is 0 Å². The number of hydrogen-bond donors (Lipinski definition) is 3. The Labute approximate surface area is 485 Å². The summed E-state index contributed by atoms with van der Waals surface area (Å²) < 4.78 is 0. The lowest BCUT2D eigenvalue weighted by atomic mass is 10.0. The smallest absolute Gasteiger partial charge is 0.220 e. The fraction of sp³-hybridized carbons (Fsp3) is 0.932. The number of carbonyl (C=O) groups excluding carboxylic acids is 1. The van der Waals surface area contributed by atoms with E-state index < -0.39 is 12.1 Å². The van der Waals surface area contributed by atoms with E-state index in [1.807, 2.05) is 6.08 Å². The molecule has 0 radical (unpaired) electrons. The molecule has 2 atom stereocenters. The zero-order chi connectivity index (χ0) is 55.5. The summed E-state index contributed by atoms with van der Waals surface area (Å²) >= 11 is 0. The molecule has 0 aliphatic rings. The lowest BCUT2D eigenvalue weighted by Gasteiger charge is -2.19. The molecule has 0 aliphatic carbocycles. The van der Waals surface area contributed by atoms with Crippen LogP contribution in [0.25, 0.3) is 0 Å². The van der Waals surface area contributed by atoms with E-state index in [1.165, 1.54) is 366 Å². The summed E-state index contributed by atoms with van der Waals surface area (Å²) in [6, 6.07) is -0.638. The Morgan fingerprint density at radius 1 is 0.299 bits per heavy atom. The van der Waals surface area contributed by atoms with Gasteiger partial charge in [0.1, 0.15) is 0 Å². The SMILES string of the molecule is CCCCCCCCCCCCCCCCCCCCCC/C=C/CC/C=C/C(O)C(CO)NC(=O)CCCCCCCCCCCCCCCCCCCCCCCCCCCCCCCCCCCCCCCCC. The summed E-state index contributed by atoms with van der Waals surface area (Å²) in [7, 11) is 0. The molecule has 0 bridgehead atoms. The molecule has 0 fully saturated rings. The molecule has 0 heterocycles. The minimum absolute atomic E-state index is 0.0639. The molecule has 2 unspecified atom stereocenters. The summed E-state index contributed by atoms with van der Waals surface area (Å²) in [6.07, 6.45) is 94.4. The lowest BCUT2D eigenvalue weighted by molar-refractivity contribution is -0.123. The minimum atomic E-state index is -0.861. The quantitative estimate of drug-likeness (QED) is 0.0420. The molecule has 0 saturated heterocycles. The Balaban J connectivity index is 3.40. The van der Waals surface area contributed by atoms with Crippen molar-refractivity contribution in [3.63, 3.8) is 0 Å². The number of rotatable bonds is 68. The van der Waals surface area contributed by atoms with E-state index >= 15 is 0 Å². The minimum Gasteiger partial charge on any atom is -0.394 e. The first-order valence-corrected chi connectivity index (χ1v) is 36.1. The highest BCUT2D eigenvalue weighted by Gasteiger charge is 2.18. The molecule has 4 nitrogen and oxygen atoms in total. The number of aliphatic hydroxyl groups excluding tert-OH is 2. The van der Waals surface area contributed by atoms with Gasteiger partial charge in [-0.2, -0.15) is 0 Å². The molecular weight excluding hydrogens is 939 g/mol. The summed E-state index contributed by atoms with van der Waals surface area (Å²) in [4.78, 5) is 12.5. The predicted molar refractivity (Wildman–Crippen MR) is 346 cm³/mol. The van der Waals surface area contributed by atoms with Crippen LogP contribution in [0.15, 0.2) is 24.3 Å². The Morgan fingerprint density at radius 2 is 0.506 bits per heavy atom. The van der Waals surface area contributed by atoms with Gasteiger partial charge >= 0.3 is 0 Å². The highest BCUT2D eigenvalue weighted by molar-refractivity contribution is 5.76. The van der Waals surface area contributed by atoms with E-state index in [0.29, 0.717) is 6.42 Å². The van der Waals surface area contributed by atoms with Crippen LogP contribution in [0.2, 0.25) is 0 Å². The second-order valence-corrected chi connectivity index (χ2v) is 25.0. The summed E-state index contributed by atoms with van der Waals surface area (Å²) in [5.74, 6) is -0.0639. The second kappa shape index (κ2) is 69.1. The number of aliphatic hydroxyl groups is 2. The molecule has 4 heteroatoms. The van der Waals surface area contributed by atoms with Crippen LogP contribution >= 0.6 is 0 Å². The fourth-order valence-corrected chi connectivity index (χ4v) is 11.7. The largest absolute Gasteiger partial charge is 0.394 e. The highest BCUT2D eigenvalue weighted by Crippen LogP contribution is 2.20. The standard InChI is InChI=1S/C73H143NO3/c1-3-5-7-9-11-13-15-17-19-21-23-25-27-29-31-32-33-34-35-36-37-38-39-40-41-42-43-45-47-49-51-53-55-57-59-61-63-65-67-69-73(77)74-71(70-75)72(76)68-66-64-62-60-58-56-54-52-50-48-46-44-30-28-26-24-22-20-18-16-14-12-10-8-6-4-2/h58,60,66,68,71-72,75-76H,3-57,59,61-65,67,69-70H2,1-2H3,(H,74,77)/b60-58+,68-66+. The van der Waals surface area contributed by atoms with Gasteiger partial charge in [0, 0.05) is 6.42 Å². The van der Waals surface area contributed by atoms with E-state index in [2.05, 4.69) is 31.3 Å². The van der Waals surface area contributed by atoms with Crippen molar-refractivity contribution in [2.45, 2.75) is 431 Å². The average Bonchev–Trinajstić information content (AvgIpc) is 3.43. The van der Waals surface area contributed by atoms with Crippen LogP contribution in [0.5, 0.6) is 0 Å². The van der Waals surface area contributed by atoms with Crippen LogP contribution in [0.3, 0.4) is 0 Å². The zero-order valence-electron chi connectivity index (χ0n) is 53.0. The van der Waals surface area contributed by atoms with Crippen molar-refractivity contribution in [3.05, 3.63) is 24.3 Å². The monoisotopic (exact) mass is 1080 g/mol. The molecule has 0 spiro atoms. The van der Waals surface area contributed by atoms with Crippen molar-refractivity contribution in [1.29, 1.82) is 0 Å². The van der Waals surface area contributed by atoms with Crippen LogP contribution in [0, 0.1) is 0 Å². The van der Waals surface area contributed by atoms with E-state index in [-0.39, 0.29) is 12.5 Å². The molecule has 0 aromatic heterocycles. The molecule has 3 N–H and O–H groups in total. The number of allylic oxidation sites excluding steroid dienone is 3. The summed E-state index contributed by atoms with van der Waals surface area (Å²) in [6.45, 7) is 4.35. The summed E-state index contributed by atoms with van der Waals surface area (Å²) in [5.41, 5.74) is 0. The van der Waals surface area contributed by atoms with Crippen LogP contribution in [0.1, 0.15) is 418 Å². The van der Waals surface area contributed by atoms with E-state index in [0.717, 1.165) is 32.1 Å². The van der Waals surface area contributed by atoms with Gasteiger partial charge in [0.05, 0.1) is 18.8 Å². The Bertz CT molecular complexity index is 1140. The van der Waals surface area contributed by atoms with Gasteiger partial charge in [0.25, 0.3) is 0 Å².